The van der Waals surface area contributed by atoms with Crippen molar-refractivity contribution in [3.8, 4) is 0 Å². The number of halogens is 4. The van der Waals surface area contributed by atoms with Gasteiger partial charge in [-0.3, -0.25) is 13.9 Å². The van der Waals surface area contributed by atoms with E-state index >= 15 is 0 Å². The molecule has 3 rings (SSSR count). The van der Waals surface area contributed by atoms with Gasteiger partial charge in [-0.1, -0.05) is 60.1 Å². The quantitative estimate of drug-likeness (QED) is 0.302. The first-order chi connectivity index (χ1) is 19.3. The first kappa shape index (κ1) is 32.0. The van der Waals surface area contributed by atoms with Gasteiger partial charge in [-0.05, 0) is 47.9 Å². The molecule has 1 N–H and O–H groups in total. The minimum Gasteiger partial charge on any atom is -0.357 e. The number of anilines is 1. The van der Waals surface area contributed by atoms with Crippen molar-refractivity contribution in [1.82, 2.24) is 10.2 Å². The molecular formula is C29H31ClF3N3O4S. The average molecular weight is 610 g/mol. The minimum atomic E-state index is -4.65. The molecule has 41 heavy (non-hydrogen) atoms. The fourth-order valence-electron chi connectivity index (χ4n) is 4.35. The molecule has 7 nitrogen and oxygen atoms in total. The number of hydrogen-bond donors (Lipinski definition) is 1. The smallest absolute Gasteiger partial charge is 0.357 e. The lowest BCUT2D eigenvalue weighted by Crippen LogP contribution is -2.49. The lowest BCUT2D eigenvalue weighted by atomic mass is 10.0. The maximum Gasteiger partial charge on any atom is 0.416 e. The summed E-state index contributed by atoms with van der Waals surface area (Å²) in [6.45, 7) is -0.145. The van der Waals surface area contributed by atoms with Crippen LogP contribution in [0.4, 0.5) is 18.9 Å². The minimum absolute atomic E-state index is 0.00503. The van der Waals surface area contributed by atoms with Gasteiger partial charge < -0.3 is 10.2 Å². The van der Waals surface area contributed by atoms with Crippen LogP contribution in [0.1, 0.15) is 29.5 Å². The van der Waals surface area contributed by atoms with Crippen LogP contribution in [-0.2, 0) is 38.8 Å². The second kappa shape index (κ2) is 13.9. The van der Waals surface area contributed by atoms with Crippen molar-refractivity contribution in [3.05, 3.63) is 101 Å². The highest BCUT2D eigenvalue weighted by Crippen LogP contribution is 2.32. The summed E-state index contributed by atoms with van der Waals surface area (Å²) in [4.78, 5) is 28.1. The second-order valence-electron chi connectivity index (χ2n) is 9.45. The third kappa shape index (κ3) is 9.22. The largest absolute Gasteiger partial charge is 0.416 e. The number of carbonyl (C=O) groups is 2. The molecule has 0 aliphatic rings. The summed E-state index contributed by atoms with van der Waals surface area (Å²) >= 11 is 6.01. The summed E-state index contributed by atoms with van der Waals surface area (Å²) in [6, 6.07) is 19.2. The van der Waals surface area contributed by atoms with Gasteiger partial charge in [-0.15, -0.1) is 0 Å². The normalized spacial score (nSPS) is 12.4. The Labute approximate surface area is 243 Å². The van der Waals surface area contributed by atoms with Crippen molar-refractivity contribution in [2.45, 2.75) is 38.0 Å². The van der Waals surface area contributed by atoms with Crippen molar-refractivity contribution < 1.29 is 31.2 Å². The zero-order valence-corrected chi connectivity index (χ0v) is 24.1. The van der Waals surface area contributed by atoms with Crippen LogP contribution in [0.5, 0.6) is 0 Å². The number of benzene rings is 3. The van der Waals surface area contributed by atoms with Gasteiger partial charge in [0.1, 0.15) is 6.04 Å². The molecule has 0 aromatic heterocycles. The van der Waals surface area contributed by atoms with E-state index in [1.165, 1.54) is 18.0 Å². The fourth-order valence-corrected chi connectivity index (χ4v) is 5.43. The van der Waals surface area contributed by atoms with Gasteiger partial charge in [0.2, 0.25) is 21.8 Å². The standard InChI is InChI=1S/C29H31ClF3N3O4S/c1-34-28(38)26(18-21-8-4-3-5-9-21)35(20-22-13-15-24(30)16-14-22)27(37)12-7-17-36(41(2,39)40)25-11-6-10-23(19-25)29(31,32)33/h3-6,8-11,13-16,19,26H,7,12,17-18,20H2,1-2H3,(H,34,38)/t26-/m1/s1. The first-order valence-electron chi connectivity index (χ1n) is 12.7. The van der Waals surface area contributed by atoms with Crippen LogP contribution in [0.25, 0.3) is 0 Å². The highest BCUT2D eigenvalue weighted by Gasteiger charge is 2.32. The molecule has 12 heteroatoms. The number of sulfonamides is 1. The molecule has 0 unspecified atom stereocenters. The summed E-state index contributed by atoms with van der Waals surface area (Å²) in [5.74, 6) is -0.792. The number of likely N-dealkylation sites (N-methyl/N-ethyl adjacent to an activating group) is 1. The van der Waals surface area contributed by atoms with Crippen LogP contribution in [0, 0.1) is 0 Å². The van der Waals surface area contributed by atoms with E-state index in [0.717, 1.165) is 39.9 Å². The van der Waals surface area contributed by atoms with E-state index in [1.54, 1.807) is 24.3 Å². The zero-order valence-electron chi connectivity index (χ0n) is 22.6. The third-order valence-electron chi connectivity index (χ3n) is 6.40. The number of hydrogen-bond acceptors (Lipinski definition) is 4. The van der Waals surface area contributed by atoms with Crippen molar-refractivity contribution in [2.75, 3.05) is 24.2 Å². The molecule has 2 amide bonds. The summed E-state index contributed by atoms with van der Waals surface area (Å²) in [6.07, 6.45) is -3.67. The van der Waals surface area contributed by atoms with Crippen LogP contribution < -0.4 is 9.62 Å². The Morgan fingerprint density at radius 2 is 1.61 bits per heavy atom. The van der Waals surface area contributed by atoms with Gasteiger partial charge in [0.05, 0.1) is 17.5 Å². The molecule has 0 saturated heterocycles. The molecule has 0 spiro atoms. The van der Waals surface area contributed by atoms with Crippen LogP contribution in [0.3, 0.4) is 0 Å². The summed E-state index contributed by atoms with van der Waals surface area (Å²) in [5, 5.41) is 3.12. The van der Waals surface area contributed by atoms with E-state index in [9.17, 15) is 31.2 Å². The molecule has 3 aromatic carbocycles. The Bertz CT molecular complexity index is 1440. The molecule has 0 aliphatic heterocycles. The van der Waals surface area contributed by atoms with Crippen LogP contribution in [0.2, 0.25) is 5.02 Å². The molecule has 0 aliphatic carbocycles. The van der Waals surface area contributed by atoms with E-state index in [4.69, 9.17) is 11.6 Å². The topological polar surface area (TPSA) is 86.8 Å². The predicted molar refractivity (Wildman–Crippen MR) is 153 cm³/mol. The number of rotatable bonds is 12. The number of carbonyl (C=O) groups excluding carboxylic acids is 2. The molecule has 220 valence electrons. The van der Waals surface area contributed by atoms with Crippen LogP contribution >= 0.6 is 11.6 Å². The molecule has 3 aromatic rings. The Balaban J connectivity index is 1.85. The van der Waals surface area contributed by atoms with Crippen LogP contribution in [-0.4, -0.2) is 51.0 Å². The van der Waals surface area contributed by atoms with Gasteiger partial charge in [0, 0.05) is 38.0 Å². The summed E-state index contributed by atoms with van der Waals surface area (Å²) in [7, 11) is -2.48. The SMILES string of the molecule is CNC(=O)[C@@H](Cc1ccccc1)N(Cc1ccc(Cl)cc1)C(=O)CCCN(c1cccc(C(F)(F)F)c1)S(C)(=O)=O. The number of amides is 2. The number of alkyl halides is 3. The Morgan fingerprint density at radius 3 is 2.20 bits per heavy atom. The van der Waals surface area contributed by atoms with Gasteiger partial charge in [-0.25, -0.2) is 8.42 Å². The van der Waals surface area contributed by atoms with E-state index in [0.29, 0.717) is 5.02 Å². The number of nitrogens with zero attached hydrogens (tertiary/aromatic N) is 2. The van der Waals surface area contributed by atoms with E-state index in [2.05, 4.69) is 5.32 Å². The van der Waals surface area contributed by atoms with Gasteiger partial charge in [-0.2, -0.15) is 13.2 Å². The van der Waals surface area contributed by atoms with Gasteiger partial charge in [0.15, 0.2) is 0 Å². The van der Waals surface area contributed by atoms with Crippen molar-refractivity contribution in [2.24, 2.45) is 0 Å². The lowest BCUT2D eigenvalue weighted by molar-refractivity contribution is -0.141. The zero-order chi connectivity index (χ0) is 30.2. The first-order valence-corrected chi connectivity index (χ1v) is 15.0. The van der Waals surface area contributed by atoms with Crippen LogP contribution in [0.15, 0.2) is 78.9 Å². The van der Waals surface area contributed by atoms with Gasteiger partial charge >= 0.3 is 6.18 Å². The average Bonchev–Trinajstić information content (AvgIpc) is 2.93. The van der Waals surface area contributed by atoms with Crippen molar-refractivity contribution in [3.63, 3.8) is 0 Å². The predicted octanol–water partition coefficient (Wildman–Crippen LogP) is 5.29. The number of nitrogens with one attached hydrogen (secondary N) is 1. The molecule has 0 saturated carbocycles. The molecule has 0 bridgehead atoms. The van der Waals surface area contributed by atoms with E-state index < -0.39 is 33.7 Å². The fraction of sp³-hybridized carbons (Fsp3) is 0.310. The van der Waals surface area contributed by atoms with Crippen molar-refractivity contribution in [1.29, 1.82) is 0 Å². The Kier molecular flexibility index (Phi) is 10.8. The van der Waals surface area contributed by atoms with Crippen molar-refractivity contribution >= 4 is 39.1 Å². The lowest BCUT2D eigenvalue weighted by Gasteiger charge is -2.31. The Morgan fingerprint density at radius 1 is 0.951 bits per heavy atom. The molecular weight excluding hydrogens is 579 g/mol. The third-order valence-corrected chi connectivity index (χ3v) is 7.84. The maximum atomic E-state index is 13.6. The van der Waals surface area contributed by atoms with E-state index in [1.807, 2.05) is 30.3 Å². The highest BCUT2D eigenvalue weighted by atomic mass is 35.5. The van der Waals surface area contributed by atoms with E-state index in [-0.39, 0.29) is 43.9 Å². The highest BCUT2D eigenvalue weighted by molar-refractivity contribution is 7.92. The maximum absolute atomic E-state index is 13.6. The summed E-state index contributed by atoms with van der Waals surface area (Å²) < 4.78 is 65.6. The monoisotopic (exact) mass is 609 g/mol. The molecule has 0 heterocycles. The van der Waals surface area contributed by atoms with Gasteiger partial charge in [0.25, 0.3) is 0 Å². The molecule has 0 fully saturated rings. The Hall–Kier alpha value is -3.57. The second-order valence-corrected chi connectivity index (χ2v) is 11.8. The molecule has 1 atom stereocenters. The molecule has 0 radical (unpaired) electrons. The summed E-state index contributed by atoms with van der Waals surface area (Å²) in [5.41, 5.74) is 0.428.